The Hall–Kier alpha value is -3.59. The van der Waals surface area contributed by atoms with E-state index in [0.717, 1.165) is 47.3 Å². The zero-order valence-electron chi connectivity index (χ0n) is 19.2. The van der Waals surface area contributed by atoms with E-state index in [-0.39, 0.29) is 11.7 Å². The highest BCUT2D eigenvalue weighted by molar-refractivity contribution is 7.99. The van der Waals surface area contributed by atoms with Gasteiger partial charge in [0.05, 0.1) is 12.9 Å². The first-order chi connectivity index (χ1) is 16.6. The molecule has 0 saturated heterocycles. The summed E-state index contributed by atoms with van der Waals surface area (Å²) in [5.74, 6) is 2.66. The Morgan fingerprint density at radius 3 is 2.65 bits per heavy atom. The molecule has 1 amide bonds. The van der Waals surface area contributed by atoms with Crippen molar-refractivity contribution in [2.45, 2.75) is 37.9 Å². The minimum absolute atomic E-state index is 0.0992. The summed E-state index contributed by atoms with van der Waals surface area (Å²) in [6, 6.07) is 15.5. The molecule has 0 atom stereocenters. The summed E-state index contributed by atoms with van der Waals surface area (Å²) in [5.41, 5.74) is 4.03. The van der Waals surface area contributed by atoms with Crippen LogP contribution in [0.5, 0.6) is 5.75 Å². The molecule has 1 aliphatic rings. The van der Waals surface area contributed by atoms with Gasteiger partial charge in [0.2, 0.25) is 5.91 Å². The molecule has 3 heterocycles. The van der Waals surface area contributed by atoms with Gasteiger partial charge >= 0.3 is 0 Å². The highest BCUT2D eigenvalue weighted by Crippen LogP contribution is 2.26. The molecule has 0 bridgehead atoms. The lowest BCUT2D eigenvalue weighted by Gasteiger charge is -2.16. The summed E-state index contributed by atoms with van der Waals surface area (Å²) in [6.45, 7) is 2.90. The Bertz CT molecular complexity index is 1290. The third-order valence-electron chi connectivity index (χ3n) is 5.89. The monoisotopic (exact) mass is 474 g/mol. The molecule has 0 saturated carbocycles. The number of fused-ring (bicyclic) bond motifs is 1. The first kappa shape index (κ1) is 22.2. The topological polar surface area (TPSA) is 86.9 Å². The molecule has 174 valence electrons. The summed E-state index contributed by atoms with van der Waals surface area (Å²) < 4.78 is 9.46. The van der Waals surface area contributed by atoms with Gasteiger partial charge in [0.15, 0.2) is 5.16 Å². The summed E-state index contributed by atoms with van der Waals surface area (Å²) >= 11 is 1.35. The van der Waals surface area contributed by atoms with Crippen LogP contribution < -0.4 is 10.1 Å². The molecule has 0 radical (unpaired) electrons. The molecule has 1 N–H and O–H groups in total. The fraction of sp³-hybridized carbons (Fsp3) is 0.280. The van der Waals surface area contributed by atoms with Crippen LogP contribution >= 0.6 is 11.8 Å². The number of nitrogens with one attached hydrogen (secondary N) is 1. The number of carbonyl (C=O) groups excluding carboxylic acids is 1. The summed E-state index contributed by atoms with van der Waals surface area (Å²) in [4.78, 5) is 17.2. The van der Waals surface area contributed by atoms with Crippen LogP contribution in [0.2, 0.25) is 0 Å². The zero-order valence-corrected chi connectivity index (χ0v) is 20.0. The maximum absolute atomic E-state index is 12.6. The van der Waals surface area contributed by atoms with Crippen molar-refractivity contribution in [3.8, 4) is 22.8 Å². The third-order valence-corrected chi connectivity index (χ3v) is 6.82. The highest BCUT2D eigenvalue weighted by atomic mass is 32.2. The fourth-order valence-electron chi connectivity index (χ4n) is 4.16. The molecule has 34 heavy (non-hydrogen) atoms. The predicted molar refractivity (Wildman–Crippen MR) is 133 cm³/mol. The second kappa shape index (κ2) is 9.72. The molecule has 0 aliphatic carbocycles. The fourth-order valence-corrected chi connectivity index (χ4v) is 4.96. The third kappa shape index (κ3) is 4.56. The Labute approximate surface area is 202 Å². The van der Waals surface area contributed by atoms with Crippen molar-refractivity contribution in [2.24, 2.45) is 0 Å². The van der Waals surface area contributed by atoms with E-state index >= 15 is 0 Å². The molecule has 2 aromatic heterocycles. The van der Waals surface area contributed by atoms with Gasteiger partial charge in [-0.1, -0.05) is 11.8 Å². The van der Waals surface area contributed by atoms with E-state index in [1.54, 1.807) is 7.11 Å². The van der Waals surface area contributed by atoms with Crippen molar-refractivity contribution < 1.29 is 9.53 Å². The molecule has 2 aromatic carbocycles. The summed E-state index contributed by atoms with van der Waals surface area (Å²) in [6.07, 6.45) is 5.48. The molecule has 9 heteroatoms. The first-order valence-electron chi connectivity index (χ1n) is 11.3. The minimum atomic E-state index is -0.0992. The minimum Gasteiger partial charge on any atom is -0.497 e. The maximum atomic E-state index is 12.6. The number of amides is 1. The van der Waals surface area contributed by atoms with Gasteiger partial charge in [-0.15, -0.1) is 10.2 Å². The maximum Gasteiger partial charge on any atom is 0.234 e. The quantitative estimate of drug-likeness (QED) is 0.397. The molecule has 8 nitrogen and oxygen atoms in total. The molecule has 5 rings (SSSR count). The number of anilines is 1. The zero-order chi connectivity index (χ0) is 23.5. The van der Waals surface area contributed by atoms with Crippen molar-refractivity contribution in [3.63, 3.8) is 0 Å². The van der Waals surface area contributed by atoms with Crippen molar-refractivity contribution in [1.82, 2.24) is 24.3 Å². The molecule has 0 unspecified atom stereocenters. The van der Waals surface area contributed by atoms with Gasteiger partial charge in [0.25, 0.3) is 0 Å². The van der Waals surface area contributed by atoms with Crippen LogP contribution in [0.25, 0.3) is 17.1 Å². The van der Waals surface area contributed by atoms with E-state index in [9.17, 15) is 4.79 Å². The summed E-state index contributed by atoms with van der Waals surface area (Å²) in [5, 5.41) is 12.1. The number of imidazole rings is 1. The van der Waals surface area contributed by atoms with Crippen LogP contribution in [0, 0.1) is 6.92 Å². The number of benzene rings is 2. The first-order valence-corrected chi connectivity index (χ1v) is 12.2. The summed E-state index contributed by atoms with van der Waals surface area (Å²) in [7, 11) is 1.64. The van der Waals surface area contributed by atoms with E-state index in [4.69, 9.17) is 4.74 Å². The lowest BCUT2D eigenvalue weighted by atomic mass is 10.1. The van der Waals surface area contributed by atoms with E-state index < -0.39 is 0 Å². The van der Waals surface area contributed by atoms with Gasteiger partial charge in [0, 0.05) is 35.4 Å². The number of hydrogen-bond acceptors (Lipinski definition) is 6. The van der Waals surface area contributed by atoms with Crippen molar-refractivity contribution in [1.29, 1.82) is 0 Å². The number of carbonyl (C=O) groups is 1. The van der Waals surface area contributed by atoms with Crippen LogP contribution in [-0.4, -0.2) is 43.1 Å². The lowest BCUT2D eigenvalue weighted by Crippen LogP contribution is -2.14. The number of methoxy groups -OCH3 is 1. The Morgan fingerprint density at radius 1 is 1.09 bits per heavy atom. The van der Waals surface area contributed by atoms with Crippen LogP contribution in [0.1, 0.15) is 24.4 Å². The van der Waals surface area contributed by atoms with Crippen LogP contribution in [0.3, 0.4) is 0 Å². The largest absolute Gasteiger partial charge is 0.497 e. The number of hydrogen-bond donors (Lipinski definition) is 1. The number of thioether (sulfide) groups is 1. The van der Waals surface area contributed by atoms with E-state index in [0.29, 0.717) is 5.16 Å². The molecule has 1 aliphatic heterocycles. The number of aryl methyl sites for hydroxylation is 2. The van der Waals surface area contributed by atoms with Crippen LogP contribution in [0.15, 0.2) is 59.9 Å². The number of ether oxygens (including phenoxy) is 1. The van der Waals surface area contributed by atoms with Crippen LogP contribution in [0.4, 0.5) is 5.69 Å². The van der Waals surface area contributed by atoms with Gasteiger partial charge in [-0.05, 0) is 74.7 Å². The van der Waals surface area contributed by atoms with Gasteiger partial charge in [-0.3, -0.25) is 9.36 Å². The average Bonchev–Trinajstić information content (AvgIpc) is 3.47. The van der Waals surface area contributed by atoms with Gasteiger partial charge < -0.3 is 14.6 Å². The SMILES string of the molecule is COc1ccc(-n2c(C)nnc2SCC(=O)Nc2ccc(-c3ncc4n3CCCC4)cc2)cc1. The van der Waals surface area contributed by atoms with E-state index in [1.807, 2.05) is 66.2 Å². The van der Waals surface area contributed by atoms with Crippen LogP contribution in [-0.2, 0) is 17.8 Å². The molecular formula is C25H26N6O2S. The van der Waals surface area contributed by atoms with Gasteiger partial charge in [0.1, 0.15) is 17.4 Å². The predicted octanol–water partition coefficient (Wildman–Crippen LogP) is 4.51. The van der Waals surface area contributed by atoms with E-state index in [1.165, 1.54) is 30.3 Å². The molecule has 0 fully saturated rings. The smallest absolute Gasteiger partial charge is 0.234 e. The van der Waals surface area contributed by atoms with Crippen molar-refractivity contribution >= 4 is 23.4 Å². The van der Waals surface area contributed by atoms with Gasteiger partial charge in [-0.2, -0.15) is 0 Å². The number of nitrogens with zero attached hydrogens (tertiary/aromatic N) is 5. The van der Waals surface area contributed by atoms with E-state index in [2.05, 4.69) is 25.1 Å². The average molecular weight is 475 g/mol. The number of rotatable bonds is 7. The second-order valence-corrected chi connectivity index (χ2v) is 9.10. The number of aromatic nitrogens is 5. The standard InChI is InChI=1S/C25H26N6O2S/c1-17-28-29-25(31(17)20-10-12-22(33-2)13-11-20)34-16-23(32)27-19-8-6-18(7-9-19)24-26-15-21-5-3-4-14-30(21)24/h6-13,15H,3-5,14,16H2,1-2H3,(H,27,32). The highest BCUT2D eigenvalue weighted by Gasteiger charge is 2.16. The second-order valence-electron chi connectivity index (χ2n) is 8.16. The van der Waals surface area contributed by atoms with Crippen molar-refractivity contribution in [2.75, 3.05) is 18.2 Å². The molecule has 4 aromatic rings. The lowest BCUT2D eigenvalue weighted by molar-refractivity contribution is -0.113. The Kier molecular flexibility index (Phi) is 6.35. The molecular weight excluding hydrogens is 448 g/mol. The van der Waals surface area contributed by atoms with Crippen molar-refractivity contribution in [3.05, 3.63) is 66.2 Å². The molecule has 0 spiro atoms. The Morgan fingerprint density at radius 2 is 1.88 bits per heavy atom. The Balaban J connectivity index is 1.22. The van der Waals surface area contributed by atoms with Gasteiger partial charge in [-0.25, -0.2) is 4.98 Å². The normalized spacial score (nSPS) is 12.9.